The summed E-state index contributed by atoms with van der Waals surface area (Å²) in [7, 11) is 0. The van der Waals surface area contributed by atoms with Crippen LogP contribution >= 0.6 is 0 Å². The zero-order valence-electron chi connectivity index (χ0n) is 8.74. The molecule has 2 nitrogen and oxygen atoms in total. The normalized spacial score (nSPS) is 10.9. The monoisotopic (exact) mass is 230 g/mol. The molecule has 3 aromatic rings. The smallest absolute Gasteiger partial charge is 0.159 e. The fourth-order valence-corrected chi connectivity index (χ4v) is 1.86. The van der Waals surface area contributed by atoms with Crippen LogP contribution in [0.1, 0.15) is 0 Å². The molecule has 1 aromatic carbocycles. The molecule has 0 amide bonds. The van der Waals surface area contributed by atoms with Crippen molar-refractivity contribution in [2.24, 2.45) is 0 Å². The number of hydrogen-bond donors (Lipinski definition) is 1. The highest BCUT2D eigenvalue weighted by molar-refractivity contribution is 5.93. The van der Waals surface area contributed by atoms with Crippen LogP contribution in [-0.2, 0) is 0 Å². The van der Waals surface area contributed by atoms with Crippen molar-refractivity contribution in [2.45, 2.75) is 0 Å². The minimum absolute atomic E-state index is 0.628. The highest BCUT2D eigenvalue weighted by Crippen LogP contribution is 2.28. The van der Waals surface area contributed by atoms with Gasteiger partial charge >= 0.3 is 0 Å². The molecule has 0 bridgehead atoms. The molecule has 0 spiro atoms. The van der Waals surface area contributed by atoms with E-state index in [1.807, 2.05) is 6.07 Å². The number of nitrogens with zero attached hydrogens (tertiary/aromatic N) is 1. The van der Waals surface area contributed by atoms with Crippen molar-refractivity contribution in [3.8, 4) is 11.1 Å². The summed E-state index contributed by atoms with van der Waals surface area (Å²) in [4.78, 5) is 7.14. The first kappa shape index (κ1) is 9.96. The Bertz CT molecular complexity index is 689. The summed E-state index contributed by atoms with van der Waals surface area (Å²) in [6.45, 7) is 0. The molecule has 0 aliphatic carbocycles. The zero-order chi connectivity index (χ0) is 11.8. The van der Waals surface area contributed by atoms with Gasteiger partial charge in [0, 0.05) is 23.3 Å². The lowest BCUT2D eigenvalue weighted by Crippen LogP contribution is -1.84. The molecule has 2 aromatic heterocycles. The summed E-state index contributed by atoms with van der Waals surface area (Å²) in [5.41, 5.74) is 2.17. The molecule has 1 N–H and O–H groups in total. The maximum atomic E-state index is 13.2. The van der Waals surface area contributed by atoms with Gasteiger partial charge in [-0.15, -0.1) is 0 Å². The van der Waals surface area contributed by atoms with Crippen LogP contribution in [0.4, 0.5) is 8.78 Å². The molecule has 0 atom stereocenters. The summed E-state index contributed by atoms with van der Waals surface area (Å²) in [5.74, 6) is -1.69. The molecule has 0 radical (unpaired) electrons. The van der Waals surface area contributed by atoms with Crippen LogP contribution in [0, 0.1) is 11.6 Å². The summed E-state index contributed by atoms with van der Waals surface area (Å²) < 4.78 is 26.0. The van der Waals surface area contributed by atoms with Gasteiger partial charge in [-0.1, -0.05) is 6.07 Å². The summed E-state index contributed by atoms with van der Waals surface area (Å²) in [5, 5.41) is 0.888. The van der Waals surface area contributed by atoms with E-state index >= 15 is 0 Å². The third-order valence-electron chi connectivity index (χ3n) is 2.68. The van der Waals surface area contributed by atoms with Crippen LogP contribution in [0.5, 0.6) is 0 Å². The molecule has 0 unspecified atom stereocenters. The molecular formula is C13H8F2N2. The first-order chi connectivity index (χ1) is 8.25. The zero-order valence-corrected chi connectivity index (χ0v) is 8.74. The Morgan fingerprint density at radius 2 is 1.94 bits per heavy atom. The third-order valence-corrected chi connectivity index (χ3v) is 2.68. The van der Waals surface area contributed by atoms with E-state index in [4.69, 9.17) is 0 Å². The van der Waals surface area contributed by atoms with Crippen LogP contribution < -0.4 is 0 Å². The van der Waals surface area contributed by atoms with Gasteiger partial charge in [0.2, 0.25) is 0 Å². The highest BCUT2D eigenvalue weighted by Gasteiger charge is 2.09. The van der Waals surface area contributed by atoms with E-state index in [1.165, 1.54) is 6.07 Å². The van der Waals surface area contributed by atoms with Gasteiger partial charge < -0.3 is 4.98 Å². The number of H-pyrrole nitrogens is 1. The van der Waals surface area contributed by atoms with Crippen LogP contribution in [0.15, 0.2) is 42.7 Å². The second kappa shape index (κ2) is 3.66. The van der Waals surface area contributed by atoms with Crippen molar-refractivity contribution in [1.82, 2.24) is 9.97 Å². The van der Waals surface area contributed by atoms with Gasteiger partial charge in [-0.05, 0) is 29.8 Å². The first-order valence-electron chi connectivity index (χ1n) is 5.13. The Morgan fingerprint density at radius 3 is 2.76 bits per heavy atom. The number of aromatic amines is 1. The number of hydrogen-bond acceptors (Lipinski definition) is 1. The predicted molar refractivity (Wildman–Crippen MR) is 61.4 cm³/mol. The number of halogens is 2. The van der Waals surface area contributed by atoms with E-state index in [2.05, 4.69) is 9.97 Å². The second-order valence-electron chi connectivity index (χ2n) is 3.73. The quantitative estimate of drug-likeness (QED) is 0.680. The van der Waals surface area contributed by atoms with E-state index in [-0.39, 0.29) is 0 Å². The minimum Gasteiger partial charge on any atom is -0.346 e. The maximum Gasteiger partial charge on any atom is 0.159 e. The van der Waals surface area contributed by atoms with Gasteiger partial charge in [-0.25, -0.2) is 13.8 Å². The van der Waals surface area contributed by atoms with Crippen LogP contribution in [0.2, 0.25) is 0 Å². The van der Waals surface area contributed by atoms with Crippen LogP contribution in [0.3, 0.4) is 0 Å². The van der Waals surface area contributed by atoms with Gasteiger partial charge in [-0.2, -0.15) is 0 Å². The third kappa shape index (κ3) is 1.58. The van der Waals surface area contributed by atoms with Crippen LogP contribution in [-0.4, -0.2) is 9.97 Å². The molecule has 0 saturated heterocycles. The van der Waals surface area contributed by atoms with Crippen molar-refractivity contribution in [3.63, 3.8) is 0 Å². The van der Waals surface area contributed by atoms with Gasteiger partial charge in [0.05, 0.1) is 0 Å². The summed E-state index contributed by atoms with van der Waals surface area (Å²) >= 11 is 0. The average molecular weight is 230 g/mol. The largest absolute Gasteiger partial charge is 0.346 e. The molecule has 17 heavy (non-hydrogen) atoms. The molecule has 0 saturated carbocycles. The molecular weight excluding hydrogens is 222 g/mol. The standard InChI is InChI=1S/C13H8F2N2/c14-11-4-3-8(6-12(11)15)10-7-17-13-9(10)2-1-5-16-13/h1-7H,(H,16,17). The molecule has 2 heterocycles. The molecule has 4 heteroatoms. The fraction of sp³-hybridized carbons (Fsp3) is 0. The number of pyridine rings is 1. The average Bonchev–Trinajstić information content (AvgIpc) is 2.76. The van der Waals surface area contributed by atoms with Gasteiger partial charge in [0.25, 0.3) is 0 Å². The van der Waals surface area contributed by atoms with Gasteiger partial charge in [-0.3, -0.25) is 0 Å². The number of benzene rings is 1. The highest BCUT2D eigenvalue weighted by atomic mass is 19.2. The number of fused-ring (bicyclic) bond motifs is 1. The SMILES string of the molecule is Fc1ccc(-c2c[nH]c3ncccc23)cc1F. The maximum absolute atomic E-state index is 13.2. The minimum atomic E-state index is -0.847. The van der Waals surface area contributed by atoms with E-state index in [0.717, 1.165) is 22.7 Å². The van der Waals surface area contributed by atoms with E-state index in [0.29, 0.717) is 5.56 Å². The van der Waals surface area contributed by atoms with Crippen molar-refractivity contribution < 1.29 is 8.78 Å². The van der Waals surface area contributed by atoms with Crippen molar-refractivity contribution in [1.29, 1.82) is 0 Å². The van der Waals surface area contributed by atoms with E-state index in [1.54, 1.807) is 24.5 Å². The molecule has 0 fully saturated rings. The van der Waals surface area contributed by atoms with Crippen LogP contribution in [0.25, 0.3) is 22.2 Å². The van der Waals surface area contributed by atoms with Crippen molar-refractivity contribution >= 4 is 11.0 Å². The van der Waals surface area contributed by atoms with Crippen molar-refractivity contribution in [2.75, 3.05) is 0 Å². The Kier molecular flexibility index (Phi) is 2.14. The lowest BCUT2D eigenvalue weighted by molar-refractivity contribution is 0.509. The Morgan fingerprint density at radius 1 is 1.06 bits per heavy atom. The van der Waals surface area contributed by atoms with E-state index in [9.17, 15) is 8.78 Å². The lowest BCUT2D eigenvalue weighted by Gasteiger charge is -2.00. The molecule has 3 rings (SSSR count). The predicted octanol–water partition coefficient (Wildman–Crippen LogP) is 3.51. The lowest BCUT2D eigenvalue weighted by atomic mass is 10.1. The molecule has 0 aliphatic rings. The summed E-state index contributed by atoms with van der Waals surface area (Å²) in [6.07, 6.45) is 3.41. The molecule has 84 valence electrons. The van der Waals surface area contributed by atoms with Gasteiger partial charge in [0.1, 0.15) is 5.65 Å². The van der Waals surface area contributed by atoms with Crippen molar-refractivity contribution in [3.05, 3.63) is 54.4 Å². The topological polar surface area (TPSA) is 28.7 Å². The second-order valence-corrected chi connectivity index (χ2v) is 3.73. The Hall–Kier alpha value is -2.23. The summed E-state index contributed by atoms with van der Waals surface area (Å²) in [6, 6.07) is 7.55. The number of nitrogens with one attached hydrogen (secondary N) is 1. The first-order valence-corrected chi connectivity index (χ1v) is 5.13. The number of aromatic nitrogens is 2. The number of rotatable bonds is 1. The Balaban J connectivity index is 2.24. The van der Waals surface area contributed by atoms with E-state index < -0.39 is 11.6 Å². The van der Waals surface area contributed by atoms with Gasteiger partial charge in [0.15, 0.2) is 11.6 Å². The fourth-order valence-electron chi connectivity index (χ4n) is 1.86. The molecule has 0 aliphatic heterocycles. The Labute approximate surface area is 95.9 Å².